The van der Waals surface area contributed by atoms with Crippen LogP contribution in [0.15, 0.2) is 23.8 Å². The molecule has 2 N–H and O–H groups in total. The zero-order valence-electron chi connectivity index (χ0n) is 9.02. The van der Waals surface area contributed by atoms with E-state index >= 15 is 0 Å². The van der Waals surface area contributed by atoms with E-state index in [0.29, 0.717) is 5.56 Å². The molecule has 4 heteroatoms. The summed E-state index contributed by atoms with van der Waals surface area (Å²) in [5.41, 5.74) is 1.85. The highest BCUT2D eigenvalue weighted by Gasteiger charge is 2.16. The Hall–Kier alpha value is -2.10. The molecule has 0 aromatic heterocycles. The summed E-state index contributed by atoms with van der Waals surface area (Å²) in [6.45, 7) is 3.70. The van der Waals surface area contributed by atoms with Gasteiger partial charge in [-0.3, -0.25) is 0 Å². The quantitative estimate of drug-likeness (QED) is 0.463. The molecule has 0 atom stereocenters. The van der Waals surface area contributed by atoms with E-state index in [1.165, 1.54) is 6.08 Å². The van der Waals surface area contributed by atoms with Gasteiger partial charge in [0, 0.05) is 0 Å². The molecule has 0 aliphatic heterocycles. The fraction of sp³-hybridized carbons (Fsp3) is 0.167. The minimum Gasteiger partial charge on any atom is -0.477 e. The van der Waals surface area contributed by atoms with Crippen LogP contribution < -0.4 is 0 Å². The molecule has 0 saturated carbocycles. The van der Waals surface area contributed by atoms with E-state index < -0.39 is 17.5 Å². The SMILES string of the molecule is Cc1cccc(C=C(C(=O)O)C(=O)O)c1C. The molecule has 0 heterocycles. The predicted octanol–water partition coefficient (Wildman–Crippen LogP) is 1.86. The number of aliphatic carboxylic acids is 2. The molecule has 84 valence electrons. The molecule has 0 aliphatic carbocycles. The first-order chi connectivity index (χ1) is 7.43. The van der Waals surface area contributed by atoms with Gasteiger partial charge < -0.3 is 10.2 Å². The van der Waals surface area contributed by atoms with Gasteiger partial charge >= 0.3 is 11.9 Å². The maximum Gasteiger partial charge on any atom is 0.343 e. The fourth-order valence-corrected chi connectivity index (χ4v) is 1.30. The zero-order valence-corrected chi connectivity index (χ0v) is 9.02. The first kappa shape index (κ1) is 12.0. The third-order valence-electron chi connectivity index (χ3n) is 2.41. The Kier molecular flexibility index (Phi) is 3.45. The molecule has 0 saturated heterocycles. The Morgan fingerprint density at radius 2 is 1.69 bits per heavy atom. The highest BCUT2D eigenvalue weighted by atomic mass is 16.4. The van der Waals surface area contributed by atoms with Gasteiger partial charge in [0.05, 0.1) is 0 Å². The van der Waals surface area contributed by atoms with Gasteiger partial charge in [-0.2, -0.15) is 0 Å². The summed E-state index contributed by atoms with van der Waals surface area (Å²) in [7, 11) is 0. The van der Waals surface area contributed by atoms with Crippen molar-refractivity contribution in [3.05, 3.63) is 40.5 Å². The molecule has 1 rings (SSSR count). The van der Waals surface area contributed by atoms with Crippen LogP contribution in [-0.4, -0.2) is 22.2 Å². The van der Waals surface area contributed by atoms with E-state index in [1.807, 2.05) is 19.9 Å². The summed E-state index contributed by atoms with van der Waals surface area (Å²) in [5, 5.41) is 17.4. The lowest BCUT2D eigenvalue weighted by Crippen LogP contribution is -2.11. The number of rotatable bonds is 3. The lowest BCUT2D eigenvalue weighted by molar-refractivity contribution is -0.139. The van der Waals surface area contributed by atoms with Gasteiger partial charge in [-0.05, 0) is 36.6 Å². The molecule has 0 fully saturated rings. The van der Waals surface area contributed by atoms with Crippen LogP contribution in [0.1, 0.15) is 16.7 Å². The Morgan fingerprint density at radius 1 is 1.12 bits per heavy atom. The lowest BCUT2D eigenvalue weighted by Gasteiger charge is -2.04. The van der Waals surface area contributed by atoms with E-state index in [-0.39, 0.29) is 0 Å². The molecule has 0 bridgehead atoms. The van der Waals surface area contributed by atoms with Crippen molar-refractivity contribution in [3.63, 3.8) is 0 Å². The second-order valence-electron chi connectivity index (χ2n) is 3.46. The van der Waals surface area contributed by atoms with Gasteiger partial charge in [-0.1, -0.05) is 18.2 Å². The Bertz CT molecular complexity index is 456. The average molecular weight is 220 g/mol. The van der Waals surface area contributed by atoms with E-state index in [4.69, 9.17) is 10.2 Å². The highest BCUT2D eigenvalue weighted by molar-refractivity contribution is 6.16. The summed E-state index contributed by atoms with van der Waals surface area (Å²) >= 11 is 0. The molecule has 0 spiro atoms. The maximum atomic E-state index is 10.7. The highest BCUT2D eigenvalue weighted by Crippen LogP contribution is 2.16. The van der Waals surface area contributed by atoms with E-state index in [9.17, 15) is 9.59 Å². The smallest absolute Gasteiger partial charge is 0.343 e. The Balaban J connectivity index is 3.29. The van der Waals surface area contributed by atoms with Crippen molar-refractivity contribution in [1.29, 1.82) is 0 Å². The topological polar surface area (TPSA) is 74.6 Å². The molecule has 16 heavy (non-hydrogen) atoms. The standard InChI is InChI=1S/C12H12O4/c1-7-4-3-5-9(8(7)2)6-10(11(13)14)12(15)16/h3-6H,1-2H3,(H,13,14)(H,15,16). The number of carboxylic acids is 2. The fourth-order valence-electron chi connectivity index (χ4n) is 1.30. The number of hydrogen-bond acceptors (Lipinski definition) is 2. The minimum atomic E-state index is -1.44. The van der Waals surface area contributed by atoms with Crippen molar-refractivity contribution in [2.45, 2.75) is 13.8 Å². The molecular weight excluding hydrogens is 208 g/mol. The molecule has 4 nitrogen and oxygen atoms in total. The van der Waals surface area contributed by atoms with Crippen LogP contribution in [0.25, 0.3) is 6.08 Å². The van der Waals surface area contributed by atoms with Crippen molar-refractivity contribution in [1.82, 2.24) is 0 Å². The largest absolute Gasteiger partial charge is 0.477 e. The maximum absolute atomic E-state index is 10.7. The summed E-state index contributed by atoms with van der Waals surface area (Å²) in [6, 6.07) is 5.33. The Labute approximate surface area is 92.8 Å². The molecule has 0 unspecified atom stereocenters. The van der Waals surface area contributed by atoms with E-state index in [2.05, 4.69) is 0 Å². The lowest BCUT2D eigenvalue weighted by atomic mass is 10.0. The third-order valence-corrected chi connectivity index (χ3v) is 2.41. The summed E-state index contributed by atoms with van der Waals surface area (Å²) < 4.78 is 0. The second-order valence-corrected chi connectivity index (χ2v) is 3.46. The average Bonchev–Trinajstić information content (AvgIpc) is 2.19. The van der Waals surface area contributed by atoms with Crippen molar-refractivity contribution >= 4 is 18.0 Å². The van der Waals surface area contributed by atoms with Gasteiger partial charge in [0.1, 0.15) is 5.57 Å². The number of aryl methyl sites for hydroxylation is 1. The molecule has 0 amide bonds. The predicted molar refractivity (Wildman–Crippen MR) is 59.2 cm³/mol. The normalized spacial score (nSPS) is 9.62. The molecule has 1 aromatic rings. The van der Waals surface area contributed by atoms with Gasteiger partial charge in [-0.25, -0.2) is 9.59 Å². The first-order valence-electron chi connectivity index (χ1n) is 4.68. The second kappa shape index (κ2) is 4.61. The van der Waals surface area contributed by atoms with Gasteiger partial charge in [0.2, 0.25) is 0 Å². The number of hydrogen-bond donors (Lipinski definition) is 2. The van der Waals surface area contributed by atoms with Gasteiger partial charge in [0.15, 0.2) is 0 Å². The molecular formula is C12H12O4. The molecule has 0 radical (unpaired) electrons. The monoisotopic (exact) mass is 220 g/mol. The third kappa shape index (κ3) is 2.48. The van der Waals surface area contributed by atoms with Crippen LogP contribution in [0.3, 0.4) is 0 Å². The van der Waals surface area contributed by atoms with Crippen molar-refractivity contribution in [2.24, 2.45) is 0 Å². The van der Waals surface area contributed by atoms with Crippen LogP contribution in [0, 0.1) is 13.8 Å². The van der Waals surface area contributed by atoms with Gasteiger partial charge in [0.25, 0.3) is 0 Å². The summed E-state index contributed by atoms with van der Waals surface area (Å²) in [6.07, 6.45) is 1.17. The van der Waals surface area contributed by atoms with Crippen LogP contribution >= 0.6 is 0 Å². The van der Waals surface area contributed by atoms with Gasteiger partial charge in [-0.15, -0.1) is 0 Å². The Morgan fingerprint density at radius 3 is 2.19 bits per heavy atom. The van der Waals surface area contributed by atoms with Crippen LogP contribution in [0.2, 0.25) is 0 Å². The first-order valence-corrected chi connectivity index (χ1v) is 4.68. The van der Waals surface area contributed by atoms with Crippen molar-refractivity contribution in [3.8, 4) is 0 Å². The molecule has 1 aromatic carbocycles. The van der Waals surface area contributed by atoms with Crippen molar-refractivity contribution < 1.29 is 19.8 Å². The van der Waals surface area contributed by atoms with Crippen LogP contribution in [-0.2, 0) is 9.59 Å². The van der Waals surface area contributed by atoms with E-state index in [0.717, 1.165) is 11.1 Å². The number of benzene rings is 1. The number of carbonyl (C=O) groups is 2. The van der Waals surface area contributed by atoms with Crippen LogP contribution in [0.5, 0.6) is 0 Å². The summed E-state index contributed by atoms with van der Waals surface area (Å²) in [4.78, 5) is 21.4. The molecule has 0 aliphatic rings. The van der Waals surface area contributed by atoms with Crippen LogP contribution in [0.4, 0.5) is 0 Å². The number of carboxylic acid groups (broad SMARTS) is 2. The van der Waals surface area contributed by atoms with Crippen molar-refractivity contribution in [2.75, 3.05) is 0 Å². The zero-order chi connectivity index (χ0) is 12.3. The van der Waals surface area contributed by atoms with E-state index in [1.54, 1.807) is 12.1 Å². The summed E-state index contributed by atoms with van der Waals surface area (Å²) in [5.74, 6) is -2.87. The minimum absolute atomic E-state index is 0.611.